The monoisotopic (exact) mass is 617 g/mol. The minimum absolute atomic E-state index is 0.0539. The Morgan fingerprint density at radius 2 is 1.55 bits per heavy atom. The van der Waals surface area contributed by atoms with Gasteiger partial charge in [-0.05, 0) is 50.2 Å². The van der Waals surface area contributed by atoms with Crippen molar-refractivity contribution in [1.29, 1.82) is 0 Å². The van der Waals surface area contributed by atoms with Gasteiger partial charge in [-0.25, -0.2) is 18.4 Å². The number of aliphatic hydroxyl groups is 1. The number of piperazine rings is 1. The van der Waals surface area contributed by atoms with E-state index in [1.165, 1.54) is 12.4 Å². The van der Waals surface area contributed by atoms with E-state index in [-0.39, 0.29) is 34.0 Å². The van der Waals surface area contributed by atoms with Gasteiger partial charge < -0.3 is 30.3 Å². The Balaban J connectivity index is 1.28. The first-order valence-corrected chi connectivity index (χ1v) is 15.6. The predicted octanol–water partition coefficient (Wildman–Crippen LogP) is 4.01. The summed E-state index contributed by atoms with van der Waals surface area (Å²) in [4.78, 5) is 29.6. The minimum atomic E-state index is -3.78. The van der Waals surface area contributed by atoms with Crippen LogP contribution < -0.4 is 20.3 Å². The minimum Gasteiger partial charge on any atom is -0.494 e. The van der Waals surface area contributed by atoms with Crippen molar-refractivity contribution < 1.29 is 23.1 Å². The highest BCUT2D eigenvalue weighted by Crippen LogP contribution is 2.33. The molecule has 0 aliphatic carbocycles. The summed E-state index contributed by atoms with van der Waals surface area (Å²) in [5.41, 5.74) is 0.862. The molecule has 1 fully saturated rings. The number of carbonyl (C=O) groups is 1. The second-order valence-corrected chi connectivity index (χ2v) is 12.9. The number of nitrogens with zero attached hydrogens (tertiary/aromatic N) is 5. The molecule has 0 saturated carbocycles. The summed E-state index contributed by atoms with van der Waals surface area (Å²) in [6.45, 7) is 5.70. The molecule has 1 aromatic heterocycles. The number of para-hydroxylation sites is 1. The Labute approximate surface area is 256 Å². The number of aromatic nitrogens is 3. The molecule has 0 radical (unpaired) electrons. The number of rotatable bonds is 10. The van der Waals surface area contributed by atoms with E-state index in [4.69, 9.17) is 4.74 Å². The molecule has 1 saturated heterocycles. The summed E-state index contributed by atoms with van der Waals surface area (Å²) in [7, 11) is -2.21. The lowest BCUT2D eigenvalue weighted by atomic mass is 10.0. The zero-order valence-electron chi connectivity index (χ0n) is 24.8. The molecule has 3 N–H and O–H groups in total. The number of benzene rings is 3. The summed E-state index contributed by atoms with van der Waals surface area (Å²) >= 11 is 0. The smallest absolute Gasteiger partial charge is 0.232 e. The summed E-state index contributed by atoms with van der Waals surface area (Å²) in [6, 6.07) is 20.5. The Morgan fingerprint density at radius 3 is 2.20 bits per heavy atom. The SMILES string of the molecule is COc1cc(N2CCN(C(=O)CC(C)(C)O)CC2)ccc1Nc1ncnc(Nc2ccccc2S(=O)(=O)c2ccccc2)n1. The summed E-state index contributed by atoms with van der Waals surface area (Å²) in [5.74, 6) is 0.903. The predicted molar refractivity (Wildman–Crippen MR) is 167 cm³/mol. The lowest BCUT2D eigenvalue weighted by Crippen LogP contribution is -2.50. The topological polar surface area (TPSA) is 150 Å². The van der Waals surface area contributed by atoms with E-state index in [2.05, 4.69) is 30.5 Å². The first kappa shape index (κ1) is 30.7. The lowest BCUT2D eigenvalue weighted by molar-refractivity contribution is -0.135. The molecule has 4 aromatic rings. The third kappa shape index (κ3) is 7.24. The summed E-state index contributed by atoms with van der Waals surface area (Å²) in [6.07, 6.45) is 1.42. The van der Waals surface area contributed by atoms with Gasteiger partial charge in [-0.2, -0.15) is 4.98 Å². The van der Waals surface area contributed by atoms with Gasteiger partial charge in [-0.3, -0.25) is 4.79 Å². The van der Waals surface area contributed by atoms with Crippen LogP contribution in [0.4, 0.5) is 29.0 Å². The first-order valence-electron chi connectivity index (χ1n) is 14.1. The van der Waals surface area contributed by atoms with Crippen LogP contribution in [0.1, 0.15) is 20.3 Å². The maximum Gasteiger partial charge on any atom is 0.232 e. The average molecular weight is 618 g/mol. The summed E-state index contributed by atoms with van der Waals surface area (Å²) < 4.78 is 32.3. The molecule has 5 rings (SSSR count). The molecule has 3 aromatic carbocycles. The van der Waals surface area contributed by atoms with Gasteiger partial charge in [-0.15, -0.1) is 0 Å². The molecule has 1 amide bonds. The molecule has 0 bridgehead atoms. The molecule has 0 spiro atoms. The van der Waals surface area contributed by atoms with Crippen molar-refractivity contribution in [2.75, 3.05) is 48.8 Å². The van der Waals surface area contributed by atoms with Crippen LogP contribution in [-0.2, 0) is 14.6 Å². The maximum atomic E-state index is 13.3. The molecule has 12 nitrogen and oxygen atoms in total. The molecule has 0 atom stereocenters. The standard InChI is InChI=1S/C31H35N7O5S/c1-31(2,40)20-28(39)38-17-15-37(16-18-38)22-13-14-24(26(19-22)43-3)34-29-32-21-33-30(36-29)35-25-11-7-8-12-27(25)44(41,42)23-9-5-4-6-10-23/h4-14,19,21,40H,15-18,20H2,1-3H3,(H2,32,33,34,35,36). The fourth-order valence-corrected chi connectivity index (χ4v) is 6.30. The van der Waals surface area contributed by atoms with E-state index < -0.39 is 15.4 Å². The quantitative estimate of drug-likeness (QED) is 0.237. The second kappa shape index (κ2) is 12.9. The van der Waals surface area contributed by atoms with Gasteiger partial charge in [0.25, 0.3) is 0 Å². The third-order valence-electron chi connectivity index (χ3n) is 7.06. The normalized spacial score (nSPS) is 13.8. The van der Waals surface area contributed by atoms with Crippen LogP contribution in [0.25, 0.3) is 0 Å². The van der Waals surface area contributed by atoms with E-state index in [9.17, 15) is 18.3 Å². The van der Waals surface area contributed by atoms with Gasteiger partial charge >= 0.3 is 0 Å². The third-order valence-corrected chi connectivity index (χ3v) is 8.89. The zero-order valence-corrected chi connectivity index (χ0v) is 25.6. The largest absolute Gasteiger partial charge is 0.494 e. The van der Waals surface area contributed by atoms with Crippen LogP contribution in [0, 0.1) is 0 Å². The van der Waals surface area contributed by atoms with E-state index in [0.717, 1.165) is 5.69 Å². The fourth-order valence-electron chi connectivity index (χ4n) is 4.86. The van der Waals surface area contributed by atoms with Crippen molar-refractivity contribution in [3.05, 3.63) is 79.1 Å². The Morgan fingerprint density at radius 1 is 0.909 bits per heavy atom. The first-order chi connectivity index (χ1) is 21.0. The van der Waals surface area contributed by atoms with Crippen LogP contribution in [0.15, 0.2) is 88.9 Å². The Bertz CT molecular complexity index is 1720. The van der Waals surface area contributed by atoms with Gasteiger partial charge in [0.1, 0.15) is 12.1 Å². The number of anilines is 5. The molecule has 1 aliphatic rings. The molecular formula is C31H35N7O5S. The van der Waals surface area contributed by atoms with Crippen LogP contribution in [0.3, 0.4) is 0 Å². The van der Waals surface area contributed by atoms with E-state index in [1.807, 2.05) is 18.2 Å². The number of carbonyl (C=O) groups excluding carboxylic acids is 1. The van der Waals surface area contributed by atoms with E-state index in [1.54, 1.807) is 74.4 Å². The van der Waals surface area contributed by atoms with Crippen LogP contribution >= 0.6 is 0 Å². The molecule has 230 valence electrons. The molecule has 44 heavy (non-hydrogen) atoms. The highest BCUT2D eigenvalue weighted by atomic mass is 32.2. The number of hydrogen-bond donors (Lipinski definition) is 3. The van der Waals surface area contributed by atoms with Crippen LogP contribution in [0.5, 0.6) is 5.75 Å². The van der Waals surface area contributed by atoms with Crippen molar-refractivity contribution in [2.24, 2.45) is 0 Å². The van der Waals surface area contributed by atoms with Crippen LogP contribution in [-0.4, -0.2) is 78.2 Å². The van der Waals surface area contributed by atoms with E-state index >= 15 is 0 Å². The maximum absolute atomic E-state index is 13.3. The Hall–Kier alpha value is -4.75. The average Bonchev–Trinajstić information content (AvgIpc) is 3.01. The lowest BCUT2D eigenvalue weighted by Gasteiger charge is -2.37. The summed E-state index contributed by atoms with van der Waals surface area (Å²) in [5, 5.41) is 16.2. The molecule has 1 aliphatic heterocycles. The van der Waals surface area contributed by atoms with Crippen molar-refractivity contribution in [3.63, 3.8) is 0 Å². The fraction of sp³-hybridized carbons (Fsp3) is 0.290. The van der Waals surface area contributed by atoms with Crippen molar-refractivity contribution in [3.8, 4) is 5.75 Å². The molecule has 13 heteroatoms. The number of nitrogens with one attached hydrogen (secondary N) is 2. The van der Waals surface area contributed by atoms with Gasteiger partial charge in [0, 0.05) is 37.9 Å². The second-order valence-electron chi connectivity index (χ2n) is 10.9. The number of amides is 1. The highest BCUT2D eigenvalue weighted by Gasteiger charge is 2.26. The Kier molecular flexibility index (Phi) is 8.97. The number of ether oxygens (including phenoxy) is 1. The molecule has 2 heterocycles. The molecular weight excluding hydrogens is 582 g/mol. The van der Waals surface area contributed by atoms with Crippen molar-refractivity contribution in [2.45, 2.75) is 35.7 Å². The van der Waals surface area contributed by atoms with E-state index in [0.29, 0.717) is 43.3 Å². The van der Waals surface area contributed by atoms with Gasteiger partial charge in [0.05, 0.1) is 40.3 Å². The number of hydrogen-bond acceptors (Lipinski definition) is 11. The zero-order chi connectivity index (χ0) is 31.3. The highest BCUT2D eigenvalue weighted by molar-refractivity contribution is 7.91. The van der Waals surface area contributed by atoms with Crippen molar-refractivity contribution in [1.82, 2.24) is 19.9 Å². The van der Waals surface area contributed by atoms with Gasteiger partial charge in [0.2, 0.25) is 27.6 Å². The van der Waals surface area contributed by atoms with Crippen LogP contribution in [0.2, 0.25) is 0 Å². The van der Waals surface area contributed by atoms with Crippen molar-refractivity contribution >= 4 is 44.7 Å². The number of methoxy groups -OCH3 is 1. The number of sulfone groups is 1. The van der Waals surface area contributed by atoms with Gasteiger partial charge in [0.15, 0.2) is 0 Å². The molecule has 0 unspecified atom stereocenters. The van der Waals surface area contributed by atoms with Gasteiger partial charge in [-0.1, -0.05) is 30.3 Å².